The molecule has 0 saturated carbocycles. The summed E-state index contributed by atoms with van der Waals surface area (Å²) in [6.45, 7) is 1.98. The van der Waals surface area contributed by atoms with Gasteiger partial charge in [0.15, 0.2) is 0 Å². The van der Waals surface area contributed by atoms with Crippen LogP contribution in [0.2, 0.25) is 0 Å². The molecular weight excluding hydrogens is 296 g/mol. The monoisotopic (exact) mass is 304 g/mol. The molecular formula is C12H9BrN4O. The van der Waals surface area contributed by atoms with Crippen molar-refractivity contribution in [2.75, 3.05) is 0 Å². The number of nitrogens with zero attached hydrogens (tertiary/aromatic N) is 4. The first-order valence-electron chi connectivity index (χ1n) is 5.32. The van der Waals surface area contributed by atoms with Crippen molar-refractivity contribution in [2.45, 2.75) is 6.92 Å². The van der Waals surface area contributed by atoms with Crippen molar-refractivity contribution in [1.82, 2.24) is 19.6 Å². The van der Waals surface area contributed by atoms with E-state index in [-0.39, 0.29) is 0 Å². The van der Waals surface area contributed by atoms with Crippen LogP contribution in [0.25, 0.3) is 5.65 Å². The highest BCUT2D eigenvalue weighted by atomic mass is 79.9. The number of aryl methyl sites for hydroxylation is 1. The van der Waals surface area contributed by atoms with Crippen LogP contribution in [-0.4, -0.2) is 19.6 Å². The summed E-state index contributed by atoms with van der Waals surface area (Å²) in [5.74, 6) is 1.20. The summed E-state index contributed by atoms with van der Waals surface area (Å²) in [4.78, 5) is 4.18. The second-order valence-corrected chi connectivity index (χ2v) is 4.72. The standard InChI is InChI=1S/C12H9BrN4O/c1-8-6-9(13)2-3-10(8)18-12-11-16-15-7-17(11)5-4-14-12/h2-7H,1H3. The minimum Gasteiger partial charge on any atom is -0.436 e. The fourth-order valence-electron chi connectivity index (χ4n) is 1.64. The van der Waals surface area contributed by atoms with Gasteiger partial charge >= 0.3 is 0 Å². The predicted molar refractivity (Wildman–Crippen MR) is 69.7 cm³/mol. The summed E-state index contributed by atoms with van der Waals surface area (Å²) in [5, 5.41) is 7.80. The predicted octanol–water partition coefficient (Wildman–Crippen LogP) is 2.99. The molecule has 5 nitrogen and oxygen atoms in total. The third kappa shape index (κ3) is 1.95. The van der Waals surface area contributed by atoms with Gasteiger partial charge in [0.25, 0.3) is 5.88 Å². The molecule has 3 rings (SSSR count). The molecule has 0 bridgehead atoms. The van der Waals surface area contributed by atoms with Crippen molar-refractivity contribution in [1.29, 1.82) is 0 Å². The van der Waals surface area contributed by atoms with E-state index >= 15 is 0 Å². The summed E-state index contributed by atoms with van der Waals surface area (Å²) in [6.07, 6.45) is 5.04. The zero-order chi connectivity index (χ0) is 12.5. The van der Waals surface area contributed by atoms with Gasteiger partial charge in [0, 0.05) is 16.9 Å². The highest BCUT2D eigenvalue weighted by Crippen LogP contribution is 2.27. The van der Waals surface area contributed by atoms with E-state index in [9.17, 15) is 0 Å². The van der Waals surface area contributed by atoms with Gasteiger partial charge in [0.2, 0.25) is 5.65 Å². The van der Waals surface area contributed by atoms with Gasteiger partial charge in [-0.25, -0.2) is 4.98 Å². The van der Waals surface area contributed by atoms with Crippen LogP contribution in [0.4, 0.5) is 0 Å². The van der Waals surface area contributed by atoms with Crippen molar-refractivity contribution in [2.24, 2.45) is 0 Å². The van der Waals surface area contributed by atoms with E-state index in [2.05, 4.69) is 31.1 Å². The number of hydrogen-bond donors (Lipinski definition) is 0. The Labute approximate surface area is 112 Å². The largest absolute Gasteiger partial charge is 0.436 e. The molecule has 90 valence electrons. The summed E-state index contributed by atoms with van der Waals surface area (Å²) in [5.41, 5.74) is 1.62. The Morgan fingerprint density at radius 1 is 1.33 bits per heavy atom. The molecule has 1 aromatic carbocycles. The van der Waals surface area contributed by atoms with Crippen LogP contribution in [0.3, 0.4) is 0 Å². The molecule has 0 unspecified atom stereocenters. The topological polar surface area (TPSA) is 52.3 Å². The van der Waals surface area contributed by atoms with Crippen LogP contribution < -0.4 is 4.74 Å². The fraction of sp³-hybridized carbons (Fsp3) is 0.0833. The molecule has 0 aliphatic rings. The second-order valence-electron chi connectivity index (χ2n) is 3.81. The number of fused-ring (bicyclic) bond motifs is 1. The van der Waals surface area contributed by atoms with E-state index in [0.29, 0.717) is 11.5 Å². The van der Waals surface area contributed by atoms with Gasteiger partial charge in [-0.15, -0.1) is 10.2 Å². The minimum atomic E-state index is 0.445. The first-order valence-corrected chi connectivity index (χ1v) is 6.12. The third-order valence-electron chi connectivity index (χ3n) is 2.53. The van der Waals surface area contributed by atoms with Gasteiger partial charge < -0.3 is 4.74 Å². The Bertz CT molecular complexity index is 710. The molecule has 0 amide bonds. The lowest BCUT2D eigenvalue weighted by Crippen LogP contribution is -1.94. The van der Waals surface area contributed by atoms with E-state index in [1.165, 1.54) is 0 Å². The maximum absolute atomic E-state index is 5.78. The third-order valence-corrected chi connectivity index (χ3v) is 3.02. The molecule has 0 aliphatic heterocycles. The molecule has 3 aromatic rings. The molecule has 0 fully saturated rings. The van der Waals surface area contributed by atoms with Gasteiger partial charge in [-0.3, -0.25) is 4.40 Å². The maximum Gasteiger partial charge on any atom is 0.265 e. The van der Waals surface area contributed by atoms with Crippen molar-refractivity contribution < 1.29 is 4.74 Å². The first-order chi connectivity index (χ1) is 8.74. The number of ether oxygens (including phenoxy) is 1. The van der Waals surface area contributed by atoms with Crippen LogP contribution >= 0.6 is 15.9 Å². The fourth-order valence-corrected chi connectivity index (χ4v) is 2.11. The number of hydrogen-bond acceptors (Lipinski definition) is 4. The summed E-state index contributed by atoms with van der Waals surface area (Å²) >= 11 is 3.42. The highest BCUT2D eigenvalue weighted by molar-refractivity contribution is 9.10. The molecule has 2 heterocycles. The van der Waals surface area contributed by atoms with E-state index in [0.717, 1.165) is 15.8 Å². The summed E-state index contributed by atoms with van der Waals surface area (Å²) in [7, 11) is 0. The van der Waals surface area contributed by atoms with Crippen LogP contribution in [0, 0.1) is 6.92 Å². The van der Waals surface area contributed by atoms with Crippen molar-refractivity contribution in [3.8, 4) is 11.6 Å². The lowest BCUT2D eigenvalue weighted by Gasteiger charge is -2.08. The smallest absolute Gasteiger partial charge is 0.265 e. The van der Waals surface area contributed by atoms with Gasteiger partial charge in [-0.05, 0) is 30.7 Å². The number of rotatable bonds is 2. The molecule has 0 saturated heterocycles. The Morgan fingerprint density at radius 3 is 3.06 bits per heavy atom. The summed E-state index contributed by atoms with van der Waals surface area (Å²) in [6, 6.07) is 5.80. The average Bonchev–Trinajstić information content (AvgIpc) is 2.82. The lowest BCUT2D eigenvalue weighted by atomic mass is 10.2. The maximum atomic E-state index is 5.78. The van der Waals surface area contributed by atoms with E-state index in [1.807, 2.05) is 25.1 Å². The highest BCUT2D eigenvalue weighted by Gasteiger charge is 2.09. The lowest BCUT2D eigenvalue weighted by molar-refractivity contribution is 0.461. The van der Waals surface area contributed by atoms with Gasteiger partial charge in [0.05, 0.1) is 0 Å². The van der Waals surface area contributed by atoms with E-state index in [4.69, 9.17) is 4.74 Å². The number of benzene rings is 1. The zero-order valence-corrected chi connectivity index (χ0v) is 11.1. The number of aromatic nitrogens is 4. The molecule has 0 radical (unpaired) electrons. The quantitative estimate of drug-likeness (QED) is 0.730. The Hall–Kier alpha value is -1.95. The average molecular weight is 305 g/mol. The van der Waals surface area contributed by atoms with Crippen molar-refractivity contribution in [3.05, 3.63) is 47.0 Å². The number of halogens is 1. The molecule has 0 aliphatic carbocycles. The molecule has 0 atom stereocenters. The minimum absolute atomic E-state index is 0.445. The molecule has 0 N–H and O–H groups in total. The van der Waals surface area contributed by atoms with Crippen LogP contribution in [0.1, 0.15) is 5.56 Å². The molecule has 18 heavy (non-hydrogen) atoms. The van der Waals surface area contributed by atoms with Gasteiger partial charge in [-0.2, -0.15) is 0 Å². The van der Waals surface area contributed by atoms with Crippen LogP contribution in [0.15, 0.2) is 41.4 Å². The molecule has 6 heteroatoms. The van der Waals surface area contributed by atoms with Crippen molar-refractivity contribution >= 4 is 21.6 Å². The van der Waals surface area contributed by atoms with E-state index < -0.39 is 0 Å². The second kappa shape index (κ2) is 4.38. The molecule has 2 aromatic heterocycles. The Balaban J connectivity index is 2.03. The molecule has 0 spiro atoms. The SMILES string of the molecule is Cc1cc(Br)ccc1Oc1nccn2cnnc12. The Kier molecular flexibility index (Phi) is 2.71. The van der Waals surface area contributed by atoms with Crippen molar-refractivity contribution in [3.63, 3.8) is 0 Å². The first kappa shape index (κ1) is 11.2. The summed E-state index contributed by atoms with van der Waals surface area (Å²) < 4.78 is 8.56. The Morgan fingerprint density at radius 2 is 2.22 bits per heavy atom. The van der Waals surface area contributed by atoms with Gasteiger partial charge in [0.1, 0.15) is 12.1 Å². The van der Waals surface area contributed by atoms with Crippen LogP contribution in [-0.2, 0) is 0 Å². The van der Waals surface area contributed by atoms with E-state index in [1.54, 1.807) is 23.1 Å². The van der Waals surface area contributed by atoms with Gasteiger partial charge in [-0.1, -0.05) is 15.9 Å². The van der Waals surface area contributed by atoms with Crippen LogP contribution in [0.5, 0.6) is 11.6 Å². The normalized spacial score (nSPS) is 10.8. The zero-order valence-electron chi connectivity index (χ0n) is 9.54.